The van der Waals surface area contributed by atoms with E-state index in [1.165, 1.54) is 24.1 Å². The second-order valence-electron chi connectivity index (χ2n) is 5.77. The molecule has 2 heteroatoms. The summed E-state index contributed by atoms with van der Waals surface area (Å²) in [5.41, 5.74) is 2.87. The lowest BCUT2D eigenvalue weighted by Crippen LogP contribution is -2.09. The third kappa shape index (κ3) is 5.12. The van der Waals surface area contributed by atoms with Crippen molar-refractivity contribution in [3.05, 3.63) is 23.8 Å². The lowest BCUT2D eigenvalue weighted by Gasteiger charge is -2.18. The largest absolute Gasteiger partial charge is 0.497 e. The average molecular weight is 235 g/mol. The number of hydrogen-bond donors (Lipinski definition) is 1. The van der Waals surface area contributed by atoms with Crippen LogP contribution in [0.25, 0.3) is 0 Å². The molecule has 1 rings (SSSR count). The lowest BCUT2D eigenvalue weighted by molar-refractivity contribution is 0.370. The van der Waals surface area contributed by atoms with E-state index in [0.29, 0.717) is 5.41 Å². The molecular weight excluding hydrogens is 210 g/mol. The molecule has 0 saturated heterocycles. The third-order valence-corrected chi connectivity index (χ3v) is 2.85. The molecule has 0 spiro atoms. The highest BCUT2D eigenvalue weighted by atomic mass is 16.5. The van der Waals surface area contributed by atoms with Gasteiger partial charge in [-0.1, -0.05) is 20.8 Å². The number of rotatable bonds is 5. The lowest BCUT2D eigenvalue weighted by atomic mass is 9.91. The third-order valence-electron chi connectivity index (χ3n) is 2.85. The summed E-state index contributed by atoms with van der Waals surface area (Å²) in [7, 11) is 1.70. The molecule has 0 aromatic heterocycles. The van der Waals surface area contributed by atoms with Crippen LogP contribution in [0.1, 0.15) is 39.2 Å². The Kier molecular flexibility index (Phi) is 4.86. The van der Waals surface area contributed by atoms with Crippen molar-refractivity contribution in [3.63, 3.8) is 0 Å². The summed E-state index contributed by atoms with van der Waals surface area (Å²) in [5.74, 6) is 0.919. The second-order valence-corrected chi connectivity index (χ2v) is 5.77. The molecule has 0 aliphatic rings. The van der Waals surface area contributed by atoms with Crippen LogP contribution in [0, 0.1) is 12.3 Å². The Morgan fingerprint density at radius 1 is 1.24 bits per heavy atom. The fourth-order valence-electron chi connectivity index (χ4n) is 1.80. The van der Waals surface area contributed by atoms with Gasteiger partial charge in [-0.2, -0.15) is 0 Å². The molecular formula is C15H25NO. The first-order chi connectivity index (χ1) is 7.92. The Morgan fingerprint density at radius 2 is 1.94 bits per heavy atom. The molecule has 0 aliphatic carbocycles. The van der Waals surface area contributed by atoms with Gasteiger partial charge in [0.2, 0.25) is 0 Å². The van der Waals surface area contributed by atoms with Gasteiger partial charge in [-0.3, -0.25) is 0 Å². The summed E-state index contributed by atoms with van der Waals surface area (Å²) >= 11 is 0. The standard InChI is InChI=1S/C15H25NO/c1-12-11-13(17-5)7-8-14(12)16-10-6-9-15(2,3)4/h7-8,11,16H,6,9-10H2,1-5H3. The first-order valence-electron chi connectivity index (χ1n) is 6.31. The number of methoxy groups -OCH3 is 1. The van der Waals surface area contributed by atoms with Crippen molar-refractivity contribution < 1.29 is 4.74 Å². The molecule has 2 nitrogen and oxygen atoms in total. The second kappa shape index (κ2) is 5.95. The zero-order chi connectivity index (χ0) is 12.9. The van der Waals surface area contributed by atoms with Crippen LogP contribution in [0.3, 0.4) is 0 Å². The molecule has 0 atom stereocenters. The first-order valence-corrected chi connectivity index (χ1v) is 6.31. The summed E-state index contributed by atoms with van der Waals surface area (Å²) in [5, 5.41) is 3.48. The molecule has 1 aromatic carbocycles. The van der Waals surface area contributed by atoms with E-state index in [-0.39, 0.29) is 0 Å². The van der Waals surface area contributed by atoms with Gasteiger partial charge in [-0.25, -0.2) is 0 Å². The maximum atomic E-state index is 5.19. The SMILES string of the molecule is COc1ccc(NCCCC(C)(C)C)c(C)c1. The van der Waals surface area contributed by atoms with Crippen LogP contribution in [0.4, 0.5) is 5.69 Å². The molecule has 0 aliphatic heterocycles. The smallest absolute Gasteiger partial charge is 0.119 e. The van der Waals surface area contributed by atoms with Gasteiger partial charge in [0.15, 0.2) is 0 Å². The van der Waals surface area contributed by atoms with Crippen molar-refractivity contribution in [1.82, 2.24) is 0 Å². The number of anilines is 1. The summed E-state index contributed by atoms with van der Waals surface area (Å²) < 4.78 is 5.19. The van der Waals surface area contributed by atoms with Gasteiger partial charge in [-0.05, 0) is 48.9 Å². The minimum atomic E-state index is 0.427. The quantitative estimate of drug-likeness (QED) is 0.771. The first kappa shape index (κ1) is 13.9. The minimum absolute atomic E-state index is 0.427. The Bertz CT molecular complexity index is 352. The van der Waals surface area contributed by atoms with Crippen molar-refractivity contribution in [2.75, 3.05) is 19.0 Å². The van der Waals surface area contributed by atoms with E-state index in [2.05, 4.69) is 45.1 Å². The van der Waals surface area contributed by atoms with Gasteiger partial charge in [-0.15, -0.1) is 0 Å². The maximum absolute atomic E-state index is 5.19. The predicted molar refractivity (Wildman–Crippen MR) is 74.9 cm³/mol. The van der Waals surface area contributed by atoms with Crippen LogP contribution in [-0.2, 0) is 0 Å². The number of benzene rings is 1. The topological polar surface area (TPSA) is 21.3 Å². The highest BCUT2D eigenvalue weighted by molar-refractivity contribution is 5.53. The number of nitrogens with one attached hydrogen (secondary N) is 1. The van der Waals surface area contributed by atoms with E-state index in [1.54, 1.807) is 7.11 Å². The average Bonchev–Trinajstić information content (AvgIpc) is 2.24. The molecule has 0 amide bonds. The van der Waals surface area contributed by atoms with Gasteiger partial charge in [0.25, 0.3) is 0 Å². The van der Waals surface area contributed by atoms with Crippen molar-refractivity contribution in [1.29, 1.82) is 0 Å². The number of hydrogen-bond acceptors (Lipinski definition) is 2. The summed E-state index contributed by atoms with van der Waals surface area (Å²) in [6.07, 6.45) is 2.45. The molecule has 0 unspecified atom stereocenters. The van der Waals surface area contributed by atoms with Crippen molar-refractivity contribution in [3.8, 4) is 5.75 Å². The van der Waals surface area contributed by atoms with Gasteiger partial charge in [0.05, 0.1) is 7.11 Å². The molecule has 0 radical (unpaired) electrons. The van der Waals surface area contributed by atoms with Crippen molar-refractivity contribution >= 4 is 5.69 Å². The van der Waals surface area contributed by atoms with Crippen molar-refractivity contribution in [2.24, 2.45) is 5.41 Å². The van der Waals surface area contributed by atoms with Crippen molar-refractivity contribution in [2.45, 2.75) is 40.5 Å². The normalized spacial score (nSPS) is 11.4. The Labute approximate surface area is 105 Å². The zero-order valence-corrected chi connectivity index (χ0v) is 11.8. The van der Waals surface area contributed by atoms with E-state index in [4.69, 9.17) is 4.74 Å². The summed E-state index contributed by atoms with van der Waals surface area (Å²) in [6, 6.07) is 6.15. The molecule has 0 saturated carbocycles. The fraction of sp³-hybridized carbons (Fsp3) is 0.600. The molecule has 96 valence electrons. The predicted octanol–water partition coefficient (Wildman–Crippen LogP) is 4.24. The Hall–Kier alpha value is -1.18. The molecule has 0 fully saturated rings. The Morgan fingerprint density at radius 3 is 2.47 bits per heavy atom. The van der Waals surface area contributed by atoms with Gasteiger partial charge < -0.3 is 10.1 Å². The fourth-order valence-corrected chi connectivity index (χ4v) is 1.80. The number of ether oxygens (including phenoxy) is 1. The van der Waals surface area contributed by atoms with Gasteiger partial charge in [0, 0.05) is 12.2 Å². The molecule has 1 N–H and O–H groups in total. The van der Waals surface area contributed by atoms with Crippen LogP contribution < -0.4 is 10.1 Å². The molecule has 0 bridgehead atoms. The van der Waals surface area contributed by atoms with E-state index < -0.39 is 0 Å². The minimum Gasteiger partial charge on any atom is -0.497 e. The molecule has 1 aromatic rings. The summed E-state index contributed by atoms with van der Waals surface area (Å²) in [4.78, 5) is 0. The molecule has 17 heavy (non-hydrogen) atoms. The Balaban J connectivity index is 2.42. The monoisotopic (exact) mass is 235 g/mol. The summed E-state index contributed by atoms with van der Waals surface area (Å²) in [6.45, 7) is 9.99. The van der Waals surface area contributed by atoms with Crippen LogP contribution in [0.5, 0.6) is 5.75 Å². The van der Waals surface area contributed by atoms with Crippen LogP contribution in [0.2, 0.25) is 0 Å². The van der Waals surface area contributed by atoms with Crippen LogP contribution in [-0.4, -0.2) is 13.7 Å². The molecule has 0 heterocycles. The zero-order valence-electron chi connectivity index (χ0n) is 11.8. The maximum Gasteiger partial charge on any atom is 0.119 e. The highest BCUT2D eigenvalue weighted by Crippen LogP contribution is 2.23. The van der Waals surface area contributed by atoms with Crippen LogP contribution in [0.15, 0.2) is 18.2 Å². The van der Waals surface area contributed by atoms with Crippen LogP contribution >= 0.6 is 0 Å². The van der Waals surface area contributed by atoms with E-state index >= 15 is 0 Å². The van der Waals surface area contributed by atoms with E-state index in [1.807, 2.05) is 6.07 Å². The van der Waals surface area contributed by atoms with E-state index in [9.17, 15) is 0 Å². The van der Waals surface area contributed by atoms with Gasteiger partial charge in [0.1, 0.15) is 5.75 Å². The number of aryl methyl sites for hydroxylation is 1. The highest BCUT2D eigenvalue weighted by Gasteiger charge is 2.09. The van der Waals surface area contributed by atoms with Gasteiger partial charge >= 0.3 is 0 Å². The van der Waals surface area contributed by atoms with E-state index in [0.717, 1.165) is 12.3 Å².